The fraction of sp³-hybridized carbons (Fsp3) is 0.133. The van der Waals surface area contributed by atoms with Crippen LogP contribution in [0.15, 0.2) is 47.4 Å². The highest BCUT2D eigenvalue weighted by Gasteiger charge is 2.15. The van der Waals surface area contributed by atoms with Gasteiger partial charge in [-0.2, -0.15) is 8.78 Å². The lowest BCUT2D eigenvalue weighted by Crippen LogP contribution is -2.16. The summed E-state index contributed by atoms with van der Waals surface area (Å²) in [5.74, 6) is -3.72. The second-order valence-electron chi connectivity index (χ2n) is 4.30. The lowest BCUT2D eigenvalue weighted by Gasteiger charge is -2.11. The average Bonchev–Trinajstić information content (AvgIpc) is 2.45. The monoisotopic (exact) mass is 345 g/mol. The Hall–Kier alpha value is -1.66. The van der Waals surface area contributed by atoms with E-state index in [0.29, 0.717) is 11.8 Å². The molecule has 0 unspecified atom stereocenters. The zero-order valence-electron chi connectivity index (χ0n) is 11.2. The number of hydrogen-bond acceptors (Lipinski definition) is 2. The van der Waals surface area contributed by atoms with Crippen LogP contribution in [-0.2, 0) is 11.2 Å². The second-order valence-corrected chi connectivity index (χ2v) is 5.74. The number of benzene rings is 2. The van der Waals surface area contributed by atoms with Gasteiger partial charge >= 0.3 is 0 Å². The lowest BCUT2D eigenvalue weighted by molar-refractivity contribution is -0.115. The maximum Gasteiger partial charge on any atom is 0.288 e. The van der Waals surface area contributed by atoms with Crippen LogP contribution in [0.3, 0.4) is 0 Å². The first-order valence-corrected chi connectivity index (χ1v) is 7.49. The second kappa shape index (κ2) is 7.56. The Bertz CT molecular complexity index is 661. The minimum absolute atomic E-state index is 0.0701. The standard InChI is InChI=1S/C15H11ClF3NOS/c16-10-4-3-5-11(17)9(10)8-14(21)20-12-6-1-2-7-13(12)22-15(18)19/h1-7,15H,8H2,(H,20,21). The van der Waals surface area contributed by atoms with Gasteiger partial charge in [0.15, 0.2) is 0 Å². The number of carbonyl (C=O) groups excluding carboxylic acids is 1. The summed E-state index contributed by atoms with van der Waals surface area (Å²) in [6, 6.07) is 10.3. The molecule has 7 heteroatoms. The molecule has 0 saturated heterocycles. The van der Waals surface area contributed by atoms with Gasteiger partial charge in [-0.15, -0.1) is 0 Å². The van der Waals surface area contributed by atoms with Crippen molar-refractivity contribution in [3.8, 4) is 0 Å². The molecule has 0 atom stereocenters. The van der Waals surface area contributed by atoms with Crippen LogP contribution >= 0.6 is 23.4 Å². The van der Waals surface area contributed by atoms with E-state index in [0.717, 1.165) is 0 Å². The quantitative estimate of drug-likeness (QED) is 0.775. The third kappa shape index (κ3) is 4.42. The van der Waals surface area contributed by atoms with E-state index in [9.17, 15) is 18.0 Å². The maximum absolute atomic E-state index is 13.6. The summed E-state index contributed by atoms with van der Waals surface area (Å²) in [6.07, 6.45) is -0.279. The van der Waals surface area contributed by atoms with Gasteiger partial charge in [0.2, 0.25) is 5.91 Å². The summed E-state index contributed by atoms with van der Waals surface area (Å²) in [5, 5.41) is 2.64. The molecular formula is C15H11ClF3NOS. The van der Waals surface area contributed by atoms with Crippen LogP contribution in [0.2, 0.25) is 5.02 Å². The first kappa shape index (κ1) is 16.7. The number of carbonyl (C=O) groups is 1. The lowest BCUT2D eigenvalue weighted by atomic mass is 10.1. The summed E-state index contributed by atoms with van der Waals surface area (Å²) in [5.41, 5.74) is 0.325. The van der Waals surface area contributed by atoms with E-state index in [1.807, 2.05) is 0 Å². The van der Waals surface area contributed by atoms with Crippen molar-refractivity contribution in [3.05, 3.63) is 58.9 Å². The molecule has 0 fully saturated rings. The summed E-state index contributed by atoms with van der Waals surface area (Å²) in [7, 11) is 0. The van der Waals surface area contributed by atoms with Crippen molar-refractivity contribution in [1.29, 1.82) is 0 Å². The third-order valence-electron chi connectivity index (χ3n) is 2.78. The predicted octanol–water partition coefficient (Wildman–Crippen LogP) is 4.98. The van der Waals surface area contributed by atoms with Gasteiger partial charge in [-0.1, -0.05) is 41.6 Å². The molecule has 116 valence electrons. The molecule has 0 saturated carbocycles. The largest absolute Gasteiger partial charge is 0.325 e. The van der Waals surface area contributed by atoms with Gasteiger partial charge in [0.25, 0.3) is 5.76 Å². The number of alkyl halides is 2. The topological polar surface area (TPSA) is 29.1 Å². The van der Waals surface area contributed by atoms with Crippen molar-refractivity contribution >= 4 is 35.0 Å². The van der Waals surface area contributed by atoms with Crippen LogP contribution < -0.4 is 5.32 Å². The Morgan fingerprint density at radius 1 is 1.18 bits per heavy atom. The highest BCUT2D eigenvalue weighted by molar-refractivity contribution is 7.99. The molecule has 0 heterocycles. The van der Waals surface area contributed by atoms with Gasteiger partial charge in [0.05, 0.1) is 12.1 Å². The Kier molecular flexibility index (Phi) is 5.74. The molecule has 0 aliphatic rings. The van der Waals surface area contributed by atoms with Crippen LogP contribution in [0.5, 0.6) is 0 Å². The summed E-state index contributed by atoms with van der Waals surface area (Å²) in [6.45, 7) is 0. The van der Waals surface area contributed by atoms with Crippen LogP contribution in [0, 0.1) is 5.82 Å². The molecular weight excluding hydrogens is 335 g/mol. The molecule has 0 aromatic heterocycles. The SMILES string of the molecule is O=C(Cc1c(F)cccc1Cl)Nc1ccccc1SC(F)F. The number of rotatable bonds is 5. The van der Waals surface area contributed by atoms with E-state index in [2.05, 4.69) is 5.32 Å². The fourth-order valence-electron chi connectivity index (χ4n) is 1.82. The molecule has 1 amide bonds. The average molecular weight is 346 g/mol. The molecule has 0 spiro atoms. The highest BCUT2D eigenvalue weighted by Crippen LogP contribution is 2.31. The number of halogens is 4. The van der Waals surface area contributed by atoms with Crippen LogP contribution in [0.25, 0.3) is 0 Å². The van der Waals surface area contributed by atoms with Crippen molar-refractivity contribution in [2.24, 2.45) is 0 Å². The molecule has 0 aliphatic heterocycles. The van der Waals surface area contributed by atoms with Crippen molar-refractivity contribution in [2.75, 3.05) is 5.32 Å². The first-order valence-electron chi connectivity index (χ1n) is 6.24. The normalized spacial score (nSPS) is 10.8. The molecule has 0 bridgehead atoms. The zero-order chi connectivity index (χ0) is 16.1. The van der Waals surface area contributed by atoms with Crippen LogP contribution in [0.1, 0.15) is 5.56 Å². The molecule has 2 rings (SSSR count). The highest BCUT2D eigenvalue weighted by atomic mass is 35.5. The number of nitrogens with one attached hydrogen (secondary N) is 1. The summed E-state index contributed by atoms with van der Waals surface area (Å²) >= 11 is 6.18. The Morgan fingerprint density at radius 3 is 2.59 bits per heavy atom. The Labute approximate surface area is 134 Å². The predicted molar refractivity (Wildman–Crippen MR) is 82.0 cm³/mol. The fourth-order valence-corrected chi connectivity index (χ4v) is 2.65. The maximum atomic E-state index is 13.6. The first-order chi connectivity index (χ1) is 10.5. The summed E-state index contributed by atoms with van der Waals surface area (Å²) in [4.78, 5) is 12.2. The van der Waals surface area contributed by atoms with E-state index in [1.54, 1.807) is 12.1 Å². The van der Waals surface area contributed by atoms with Crippen LogP contribution in [-0.4, -0.2) is 11.7 Å². The summed E-state index contributed by atoms with van der Waals surface area (Å²) < 4.78 is 38.6. The van der Waals surface area contributed by atoms with Crippen LogP contribution in [0.4, 0.5) is 18.9 Å². The minimum atomic E-state index is -2.60. The molecule has 2 aromatic rings. The van der Waals surface area contributed by atoms with Crippen molar-refractivity contribution in [2.45, 2.75) is 17.1 Å². The van der Waals surface area contributed by atoms with E-state index in [4.69, 9.17) is 11.6 Å². The molecule has 2 aromatic carbocycles. The number of amides is 1. The number of anilines is 1. The van der Waals surface area contributed by atoms with Gasteiger partial charge in [-0.3, -0.25) is 4.79 Å². The number of para-hydroxylation sites is 1. The number of thioether (sulfide) groups is 1. The van der Waals surface area contributed by atoms with Gasteiger partial charge in [0.1, 0.15) is 5.82 Å². The third-order valence-corrected chi connectivity index (χ3v) is 3.92. The van der Waals surface area contributed by atoms with E-state index in [-0.39, 0.29) is 27.6 Å². The molecule has 1 N–H and O–H groups in total. The minimum Gasteiger partial charge on any atom is -0.325 e. The molecule has 0 aliphatic carbocycles. The molecule has 0 radical (unpaired) electrons. The smallest absolute Gasteiger partial charge is 0.288 e. The van der Waals surface area contributed by atoms with E-state index < -0.39 is 17.5 Å². The van der Waals surface area contributed by atoms with Gasteiger partial charge < -0.3 is 5.32 Å². The van der Waals surface area contributed by atoms with E-state index >= 15 is 0 Å². The van der Waals surface area contributed by atoms with Crippen molar-refractivity contribution in [3.63, 3.8) is 0 Å². The number of hydrogen-bond donors (Lipinski definition) is 1. The zero-order valence-corrected chi connectivity index (χ0v) is 12.7. The van der Waals surface area contributed by atoms with Gasteiger partial charge in [-0.25, -0.2) is 4.39 Å². The van der Waals surface area contributed by atoms with Gasteiger partial charge in [-0.05, 0) is 24.3 Å². The van der Waals surface area contributed by atoms with E-state index in [1.165, 1.54) is 30.3 Å². The Balaban J connectivity index is 2.13. The Morgan fingerprint density at radius 2 is 1.91 bits per heavy atom. The van der Waals surface area contributed by atoms with Crippen molar-refractivity contribution in [1.82, 2.24) is 0 Å². The van der Waals surface area contributed by atoms with Crippen molar-refractivity contribution < 1.29 is 18.0 Å². The van der Waals surface area contributed by atoms with Gasteiger partial charge in [0, 0.05) is 15.5 Å². The molecule has 22 heavy (non-hydrogen) atoms. The molecule has 2 nitrogen and oxygen atoms in total.